The zero-order chi connectivity index (χ0) is 33.5. The molecule has 2 atom stereocenters. The fourth-order valence-corrected chi connectivity index (χ4v) is 7.77. The van der Waals surface area contributed by atoms with Gasteiger partial charge < -0.3 is 19.4 Å². The van der Waals surface area contributed by atoms with Crippen LogP contribution in [0, 0.1) is 5.82 Å². The molecule has 1 amide bonds. The first kappa shape index (κ1) is 32.6. The molecule has 0 N–H and O–H groups in total. The minimum absolute atomic E-state index is 0.0454. The van der Waals surface area contributed by atoms with Crippen LogP contribution in [0.3, 0.4) is 0 Å². The maximum atomic E-state index is 16.9. The number of ether oxygens (including phenoxy) is 1. The Morgan fingerprint density at radius 3 is 2.67 bits per heavy atom. The van der Waals surface area contributed by atoms with Crippen LogP contribution < -0.4 is 9.64 Å². The molecule has 48 heavy (non-hydrogen) atoms. The van der Waals surface area contributed by atoms with Crippen LogP contribution in [-0.4, -0.2) is 82.6 Å². The molecule has 2 fully saturated rings. The van der Waals surface area contributed by atoms with Gasteiger partial charge in [0, 0.05) is 70.7 Å². The summed E-state index contributed by atoms with van der Waals surface area (Å²) in [5.41, 5.74) is 0.785. The average molecular weight is 710 g/mol. The third-order valence-electron chi connectivity index (χ3n) is 9.13. The molecule has 2 saturated heterocycles. The summed E-state index contributed by atoms with van der Waals surface area (Å²) in [7, 11) is 2.05. The monoisotopic (exact) mass is 708 g/mol. The summed E-state index contributed by atoms with van der Waals surface area (Å²) in [5, 5.41) is 4.72. The first-order chi connectivity index (χ1) is 23.2. The number of halogens is 4. The molecule has 5 aromatic rings. The number of benzene rings is 3. The van der Waals surface area contributed by atoms with E-state index in [2.05, 4.69) is 14.9 Å². The smallest absolute Gasteiger partial charge is 0.319 e. The lowest BCUT2D eigenvalue weighted by Gasteiger charge is -2.40. The van der Waals surface area contributed by atoms with Crippen LogP contribution in [0.5, 0.6) is 6.01 Å². The molecular weight excluding hydrogens is 677 g/mol. The highest BCUT2D eigenvalue weighted by atomic mass is 35.5. The molecule has 8 nitrogen and oxygen atoms in total. The number of likely N-dealkylation sites (tertiary alicyclic amines) is 1. The van der Waals surface area contributed by atoms with E-state index in [1.165, 1.54) is 16.2 Å². The molecule has 0 aliphatic carbocycles. The van der Waals surface area contributed by atoms with Crippen molar-refractivity contribution in [1.82, 2.24) is 24.8 Å². The van der Waals surface area contributed by atoms with Crippen molar-refractivity contribution in [3.8, 4) is 17.1 Å². The van der Waals surface area contributed by atoms with Crippen molar-refractivity contribution in [3.05, 3.63) is 80.7 Å². The summed E-state index contributed by atoms with van der Waals surface area (Å²) in [6.07, 6.45) is 4.76. The predicted octanol–water partition coefficient (Wildman–Crippen LogP) is 7.87. The SMILES string of the molecule is C[C@H]1CN(C(=O)/C(F)=C/c2nccs2)CCN1c1nc(OC[C@@H]2CCCN2C)nc2c(F)c(-c3cccc4cccc(Cl)c34)c(Cl)cc12. The van der Waals surface area contributed by atoms with Crippen LogP contribution in [0.2, 0.25) is 10.0 Å². The minimum Gasteiger partial charge on any atom is -0.462 e. The largest absolute Gasteiger partial charge is 0.462 e. The van der Waals surface area contributed by atoms with Gasteiger partial charge in [0.2, 0.25) is 0 Å². The number of rotatable bonds is 7. The molecule has 3 aromatic carbocycles. The Kier molecular flexibility index (Phi) is 9.21. The molecule has 0 bridgehead atoms. The number of piperazine rings is 1. The van der Waals surface area contributed by atoms with Gasteiger partial charge in [0.15, 0.2) is 11.6 Å². The van der Waals surface area contributed by atoms with Gasteiger partial charge >= 0.3 is 6.01 Å². The molecule has 248 valence electrons. The molecular formula is C35H32Cl2F2N6O2S. The molecule has 0 spiro atoms. The van der Waals surface area contributed by atoms with Gasteiger partial charge in [-0.3, -0.25) is 4.79 Å². The van der Waals surface area contributed by atoms with Gasteiger partial charge in [-0.15, -0.1) is 11.3 Å². The lowest BCUT2D eigenvalue weighted by Crippen LogP contribution is -2.54. The van der Waals surface area contributed by atoms with Crippen molar-refractivity contribution in [1.29, 1.82) is 0 Å². The summed E-state index contributed by atoms with van der Waals surface area (Å²) in [4.78, 5) is 32.1. The summed E-state index contributed by atoms with van der Waals surface area (Å²) in [6, 6.07) is 12.7. The normalized spacial score (nSPS) is 19.1. The standard InChI is InChI=1S/C35H32Cl2F2N6O2S/c1-20-18-44(34(46)27(38)17-28-40-11-15-48-28)13-14-45(20)33-24-16-26(37)30(23-9-3-6-21-7-4-10-25(36)29(21)23)31(39)32(24)41-35(42-33)47-19-22-8-5-12-43(22)2/h3-4,6-7,9-11,15-17,20,22H,5,8,12-14,18-19H2,1-2H3/b27-17-/t20-,22-/m0/s1. The summed E-state index contributed by atoms with van der Waals surface area (Å²) in [5.74, 6) is -1.77. The van der Waals surface area contributed by atoms with E-state index < -0.39 is 17.6 Å². The summed E-state index contributed by atoms with van der Waals surface area (Å²) >= 11 is 14.8. The topological polar surface area (TPSA) is 74.7 Å². The second kappa shape index (κ2) is 13.5. The molecule has 2 aliphatic rings. The Hall–Kier alpha value is -3.90. The van der Waals surface area contributed by atoms with Gasteiger partial charge in [-0.05, 0) is 56.4 Å². The number of thiazole rings is 1. The van der Waals surface area contributed by atoms with Gasteiger partial charge in [-0.25, -0.2) is 13.8 Å². The fourth-order valence-electron chi connectivity index (χ4n) is 6.64. The number of fused-ring (bicyclic) bond motifs is 2. The molecule has 2 aliphatic heterocycles. The van der Waals surface area contributed by atoms with Crippen molar-refractivity contribution >= 4 is 74.0 Å². The van der Waals surface area contributed by atoms with Crippen molar-refractivity contribution in [3.63, 3.8) is 0 Å². The van der Waals surface area contributed by atoms with Crippen molar-refractivity contribution < 1.29 is 18.3 Å². The maximum absolute atomic E-state index is 16.9. The highest BCUT2D eigenvalue weighted by Crippen LogP contribution is 2.43. The number of likely N-dealkylation sites (N-methyl/N-ethyl adjacent to an activating group) is 1. The Labute approximate surface area is 290 Å². The summed E-state index contributed by atoms with van der Waals surface area (Å²) in [6.45, 7) is 3.99. The molecule has 4 heterocycles. The molecule has 0 saturated carbocycles. The lowest BCUT2D eigenvalue weighted by molar-refractivity contribution is -0.129. The Morgan fingerprint density at radius 1 is 1.12 bits per heavy atom. The van der Waals surface area contributed by atoms with Crippen LogP contribution in [0.4, 0.5) is 14.6 Å². The number of amides is 1. The van der Waals surface area contributed by atoms with Crippen LogP contribution in [0.1, 0.15) is 24.8 Å². The van der Waals surface area contributed by atoms with Crippen LogP contribution in [0.15, 0.2) is 59.9 Å². The zero-order valence-corrected chi connectivity index (χ0v) is 28.6. The first-order valence-corrected chi connectivity index (χ1v) is 17.4. The fraction of sp³-hybridized carbons (Fsp3) is 0.314. The van der Waals surface area contributed by atoms with Crippen LogP contribution >= 0.6 is 34.5 Å². The third-order valence-corrected chi connectivity index (χ3v) is 10.5. The Bertz CT molecular complexity index is 2040. The van der Waals surface area contributed by atoms with Gasteiger partial charge in [0.1, 0.15) is 22.9 Å². The van der Waals surface area contributed by atoms with E-state index in [1.807, 2.05) is 43.1 Å². The number of carbonyl (C=O) groups excluding carboxylic acids is 1. The van der Waals surface area contributed by atoms with Gasteiger partial charge in [-0.1, -0.05) is 53.5 Å². The van der Waals surface area contributed by atoms with Crippen molar-refractivity contribution in [2.45, 2.75) is 31.8 Å². The average Bonchev–Trinajstić information content (AvgIpc) is 3.75. The van der Waals surface area contributed by atoms with E-state index in [-0.39, 0.29) is 47.3 Å². The zero-order valence-electron chi connectivity index (χ0n) is 26.3. The molecule has 2 aromatic heterocycles. The van der Waals surface area contributed by atoms with Crippen molar-refractivity contribution in [2.75, 3.05) is 44.7 Å². The first-order valence-electron chi connectivity index (χ1n) is 15.7. The highest BCUT2D eigenvalue weighted by Gasteiger charge is 2.32. The molecule has 0 radical (unpaired) electrons. The highest BCUT2D eigenvalue weighted by molar-refractivity contribution is 7.10. The lowest BCUT2D eigenvalue weighted by atomic mass is 9.96. The van der Waals surface area contributed by atoms with E-state index in [4.69, 9.17) is 32.9 Å². The van der Waals surface area contributed by atoms with E-state index in [0.717, 1.165) is 30.8 Å². The van der Waals surface area contributed by atoms with E-state index in [0.29, 0.717) is 45.3 Å². The number of carbonyl (C=O) groups is 1. The second-order valence-corrected chi connectivity index (χ2v) is 13.9. The Morgan fingerprint density at radius 2 is 1.94 bits per heavy atom. The molecule has 13 heteroatoms. The van der Waals surface area contributed by atoms with E-state index in [1.54, 1.807) is 29.8 Å². The maximum Gasteiger partial charge on any atom is 0.319 e. The van der Waals surface area contributed by atoms with Gasteiger partial charge in [0.25, 0.3) is 5.91 Å². The summed E-state index contributed by atoms with van der Waals surface area (Å²) < 4.78 is 38.0. The second-order valence-electron chi connectivity index (χ2n) is 12.2. The van der Waals surface area contributed by atoms with E-state index >= 15 is 4.39 Å². The third kappa shape index (κ3) is 6.20. The Balaban J connectivity index is 1.28. The predicted molar refractivity (Wildman–Crippen MR) is 188 cm³/mol. The van der Waals surface area contributed by atoms with Crippen LogP contribution in [-0.2, 0) is 4.79 Å². The van der Waals surface area contributed by atoms with E-state index in [9.17, 15) is 9.18 Å². The number of anilines is 1. The quantitative estimate of drug-likeness (QED) is 0.159. The van der Waals surface area contributed by atoms with Gasteiger partial charge in [0.05, 0.1) is 5.02 Å². The van der Waals surface area contributed by atoms with Crippen LogP contribution in [0.25, 0.3) is 38.9 Å². The number of hydrogen-bond donors (Lipinski definition) is 0. The van der Waals surface area contributed by atoms with Gasteiger partial charge in [-0.2, -0.15) is 9.97 Å². The minimum atomic E-state index is -0.874. The number of hydrogen-bond acceptors (Lipinski definition) is 8. The van der Waals surface area contributed by atoms with Crippen molar-refractivity contribution in [2.24, 2.45) is 0 Å². The number of aromatic nitrogens is 3. The number of nitrogens with zero attached hydrogens (tertiary/aromatic N) is 6. The molecule has 7 rings (SSSR count). The molecule has 0 unspecified atom stereocenters.